The zero-order chi connectivity index (χ0) is 15.0. The smallest absolute Gasteiger partial charge is 0.245 e. The molecule has 0 bridgehead atoms. The second-order valence-electron chi connectivity index (χ2n) is 5.46. The van der Waals surface area contributed by atoms with Gasteiger partial charge < -0.3 is 10.6 Å². The van der Waals surface area contributed by atoms with E-state index in [0.717, 1.165) is 25.1 Å². The summed E-state index contributed by atoms with van der Waals surface area (Å²) in [5, 5.41) is 8.18. The van der Waals surface area contributed by atoms with Gasteiger partial charge in [0, 0.05) is 24.7 Å². The van der Waals surface area contributed by atoms with Crippen LogP contribution in [-0.2, 0) is 0 Å². The number of hydrogen-bond acceptors (Lipinski definition) is 4. The lowest BCUT2D eigenvalue weighted by Crippen LogP contribution is -2.48. The number of aromatic nitrogens is 3. The van der Waals surface area contributed by atoms with Crippen molar-refractivity contribution in [2.24, 2.45) is 11.7 Å². The Morgan fingerprint density at radius 1 is 1.38 bits per heavy atom. The van der Waals surface area contributed by atoms with Crippen LogP contribution in [0.3, 0.4) is 0 Å². The summed E-state index contributed by atoms with van der Waals surface area (Å²) in [7, 11) is 0. The summed E-state index contributed by atoms with van der Waals surface area (Å²) in [6, 6.07) is 5.60. The van der Waals surface area contributed by atoms with E-state index in [-0.39, 0.29) is 6.04 Å². The zero-order valence-corrected chi connectivity index (χ0v) is 13.2. The minimum Gasteiger partial charge on any atom is -0.338 e. The van der Waals surface area contributed by atoms with Crippen molar-refractivity contribution in [1.82, 2.24) is 15.2 Å². The first kappa shape index (κ1) is 14.6. The van der Waals surface area contributed by atoms with E-state index in [1.807, 2.05) is 12.1 Å². The molecule has 0 spiro atoms. The zero-order valence-electron chi connectivity index (χ0n) is 11.7. The van der Waals surface area contributed by atoms with Crippen LogP contribution < -0.4 is 10.6 Å². The number of nitrogens with two attached hydrogens (primary N) is 1. The van der Waals surface area contributed by atoms with Gasteiger partial charge in [-0.25, -0.2) is 0 Å². The highest BCUT2D eigenvalue weighted by Crippen LogP contribution is 2.32. The maximum absolute atomic E-state index is 6.21. The van der Waals surface area contributed by atoms with E-state index in [1.54, 1.807) is 6.07 Å². The maximum atomic E-state index is 6.21. The van der Waals surface area contributed by atoms with E-state index >= 15 is 0 Å². The number of halogens is 2. The van der Waals surface area contributed by atoms with Crippen LogP contribution in [0.2, 0.25) is 10.0 Å². The summed E-state index contributed by atoms with van der Waals surface area (Å²) in [6.07, 6.45) is 1.04. The molecule has 21 heavy (non-hydrogen) atoms. The number of benzene rings is 1. The Labute approximate surface area is 133 Å². The third kappa shape index (κ3) is 2.86. The lowest BCUT2D eigenvalue weighted by Gasteiger charge is -2.34. The Bertz CT molecular complexity index is 642. The minimum absolute atomic E-state index is 0.149. The van der Waals surface area contributed by atoms with Crippen molar-refractivity contribution < 1.29 is 0 Å². The molecule has 5 nitrogen and oxygen atoms in total. The summed E-state index contributed by atoms with van der Waals surface area (Å²) in [5.74, 6) is 1.80. The van der Waals surface area contributed by atoms with Gasteiger partial charge in [-0.05, 0) is 24.5 Å². The molecule has 0 saturated carbocycles. The van der Waals surface area contributed by atoms with Crippen LogP contribution in [0.25, 0.3) is 11.4 Å². The molecule has 2 heterocycles. The van der Waals surface area contributed by atoms with Gasteiger partial charge >= 0.3 is 0 Å². The average Bonchev–Trinajstić information content (AvgIpc) is 2.94. The summed E-state index contributed by atoms with van der Waals surface area (Å²) >= 11 is 12.2. The molecule has 1 saturated heterocycles. The Hall–Kier alpha value is -1.30. The van der Waals surface area contributed by atoms with Crippen molar-refractivity contribution in [3.63, 3.8) is 0 Å². The maximum Gasteiger partial charge on any atom is 0.245 e. The van der Waals surface area contributed by atoms with Crippen molar-refractivity contribution in [2.75, 3.05) is 18.0 Å². The predicted octanol–water partition coefficient (Wildman–Crippen LogP) is 2.95. The largest absolute Gasteiger partial charge is 0.338 e. The third-order valence-corrected chi connectivity index (χ3v) is 4.80. The van der Waals surface area contributed by atoms with Crippen LogP contribution >= 0.6 is 23.2 Å². The molecule has 0 amide bonds. The number of aromatic amines is 1. The molecule has 1 aromatic carbocycles. The number of H-pyrrole nitrogens is 1. The van der Waals surface area contributed by atoms with Crippen LogP contribution in [0.15, 0.2) is 18.2 Å². The minimum atomic E-state index is 0.149. The quantitative estimate of drug-likeness (QED) is 0.890. The number of anilines is 1. The molecule has 2 atom stereocenters. The number of nitrogens with zero attached hydrogens (tertiary/aromatic N) is 3. The summed E-state index contributed by atoms with van der Waals surface area (Å²) in [5.41, 5.74) is 6.87. The molecule has 1 aliphatic rings. The molecule has 7 heteroatoms. The first-order valence-corrected chi connectivity index (χ1v) is 7.69. The van der Waals surface area contributed by atoms with Gasteiger partial charge in [0.2, 0.25) is 5.95 Å². The molecule has 112 valence electrons. The Kier molecular flexibility index (Phi) is 4.06. The molecule has 0 radical (unpaired) electrons. The SMILES string of the molecule is CC1CCN(c2n[nH]c(-c3cccc(Cl)c3Cl)n2)CC1N. The van der Waals surface area contributed by atoms with Gasteiger partial charge in [-0.15, -0.1) is 5.10 Å². The van der Waals surface area contributed by atoms with Crippen molar-refractivity contribution in [1.29, 1.82) is 0 Å². The number of rotatable bonds is 2. The van der Waals surface area contributed by atoms with E-state index in [9.17, 15) is 0 Å². The van der Waals surface area contributed by atoms with Gasteiger partial charge in [0.05, 0.1) is 10.0 Å². The van der Waals surface area contributed by atoms with Crippen molar-refractivity contribution in [3.8, 4) is 11.4 Å². The second-order valence-corrected chi connectivity index (χ2v) is 6.25. The lowest BCUT2D eigenvalue weighted by atomic mass is 9.95. The van der Waals surface area contributed by atoms with Crippen LogP contribution in [0.1, 0.15) is 13.3 Å². The van der Waals surface area contributed by atoms with Gasteiger partial charge in [0.1, 0.15) is 0 Å². The fourth-order valence-corrected chi connectivity index (χ4v) is 2.87. The fourth-order valence-electron chi connectivity index (χ4n) is 2.48. The van der Waals surface area contributed by atoms with E-state index in [1.165, 1.54) is 0 Å². The standard InChI is InChI=1S/C14H17Cl2N5/c1-8-5-6-21(7-11(8)17)14-18-13(19-20-14)9-3-2-4-10(15)12(9)16/h2-4,8,11H,5-7,17H2,1H3,(H,18,19,20). The van der Waals surface area contributed by atoms with Crippen molar-refractivity contribution in [2.45, 2.75) is 19.4 Å². The van der Waals surface area contributed by atoms with Crippen LogP contribution in [0.5, 0.6) is 0 Å². The van der Waals surface area contributed by atoms with Gasteiger partial charge in [-0.1, -0.05) is 36.2 Å². The number of hydrogen-bond donors (Lipinski definition) is 2. The van der Waals surface area contributed by atoms with E-state index < -0.39 is 0 Å². The van der Waals surface area contributed by atoms with E-state index in [2.05, 4.69) is 27.0 Å². The topological polar surface area (TPSA) is 70.8 Å². The first-order chi connectivity index (χ1) is 10.1. The monoisotopic (exact) mass is 325 g/mol. The predicted molar refractivity (Wildman–Crippen MR) is 85.8 cm³/mol. The van der Waals surface area contributed by atoms with Crippen LogP contribution in [0.4, 0.5) is 5.95 Å². The third-order valence-electron chi connectivity index (χ3n) is 3.98. The van der Waals surface area contributed by atoms with Gasteiger partial charge in [0.15, 0.2) is 5.82 Å². The van der Waals surface area contributed by atoms with Crippen molar-refractivity contribution in [3.05, 3.63) is 28.2 Å². The van der Waals surface area contributed by atoms with Crippen LogP contribution in [0, 0.1) is 5.92 Å². The van der Waals surface area contributed by atoms with E-state index in [0.29, 0.717) is 27.7 Å². The molecule has 0 aliphatic carbocycles. The molecule has 3 N–H and O–H groups in total. The highest BCUT2D eigenvalue weighted by molar-refractivity contribution is 6.43. The highest BCUT2D eigenvalue weighted by atomic mass is 35.5. The number of nitrogens with one attached hydrogen (secondary N) is 1. The van der Waals surface area contributed by atoms with Gasteiger partial charge in [0.25, 0.3) is 0 Å². The normalized spacial score (nSPS) is 22.6. The molecule has 1 fully saturated rings. The average molecular weight is 326 g/mol. The van der Waals surface area contributed by atoms with E-state index in [4.69, 9.17) is 28.9 Å². The molecule has 3 rings (SSSR count). The molecule has 2 aromatic rings. The van der Waals surface area contributed by atoms with Gasteiger partial charge in [-0.3, -0.25) is 5.10 Å². The molecular weight excluding hydrogens is 309 g/mol. The summed E-state index contributed by atoms with van der Waals surface area (Å²) in [4.78, 5) is 6.63. The molecule has 1 aromatic heterocycles. The van der Waals surface area contributed by atoms with Crippen LogP contribution in [-0.4, -0.2) is 34.3 Å². The Balaban J connectivity index is 1.85. The second kappa shape index (κ2) is 5.83. The number of piperidine rings is 1. The highest BCUT2D eigenvalue weighted by Gasteiger charge is 2.25. The van der Waals surface area contributed by atoms with Gasteiger partial charge in [-0.2, -0.15) is 4.98 Å². The first-order valence-electron chi connectivity index (χ1n) is 6.93. The van der Waals surface area contributed by atoms with Crippen molar-refractivity contribution >= 4 is 29.2 Å². The Morgan fingerprint density at radius 3 is 2.95 bits per heavy atom. The molecular formula is C14H17Cl2N5. The lowest BCUT2D eigenvalue weighted by molar-refractivity contribution is 0.376. The Morgan fingerprint density at radius 2 is 2.19 bits per heavy atom. The molecule has 1 aliphatic heterocycles. The molecule has 2 unspecified atom stereocenters. The fraction of sp³-hybridized carbons (Fsp3) is 0.429. The summed E-state index contributed by atoms with van der Waals surface area (Å²) < 4.78 is 0. The summed E-state index contributed by atoms with van der Waals surface area (Å²) in [6.45, 7) is 3.86.